The second kappa shape index (κ2) is 9.83. The maximum absolute atomic E-state index is 5.79. The quantitative estimate of drug-likeness (QED) is 0.340. The highest BCUT2D eigenvalue weighted by Gasteiger charge is 2.39. The SMILES string of the molecule is CCO[Si](CCCC=C(C)C)(OCC)OCC. The monoisotopic (exact) mass is 260 g/mol. The summed E-state index contributed by atoms with van der Waals surface area (Å²) in [5.74, 6) is 0. The summed E-state index contributed by atoms with van der Waals surface area (Å²) in [4.78, 5) is 0. The third-order valence-corrected chi connectivity index (χ3v) is 5.48. The molecule has 17 heavy (non-hydrogen) atoms. The summed E-state index contributed by atoms with van der Waals surface area (Å²) in [5, 5.41) is 0. The van der Waals surface area contributed by atoms with Crippen LogP contribution in [-0.2, 0) is 13.3 Å². The largest absolute Gasteiger partial charge is 0.500 e. The number of hydrogen-bond acceptors (Lipinski definition) is 3. The zero-order chi connectivity index (χ0) is 13.1. The summed E-state index contributed by atoms with van der Waals surface area (Å²) in [6, 6.07) is 0.909. The van der Waals surface area contributed by atoms with Crippen LogP contribution < -0.4 is 0 Å². The summed E-state index contributed by atoms with van der Waals surface area (Å²) in [5.41, 5.74) is 1.36. The van der Waals surface area contributed by atoms with Crippen LogP contribution in [-0.4, -0.2) is 28.6 Å². The molecule has 0 rings (SSSR count). The van der Waals surface area contributed by atoms with Crippen LogP contribution in [0, 0.1) is 0 Å². The summed E-state index contributed by atoms with van der Waals surface area (Å²) in [6.45, 7) is 12.2. The van der Waals surface area contributed by atoms with Crippen LogP contribution in [0.15, 0.2) is 11.6 Å². The van der Waals surface area contributed by atoms with Crippen LogP contribution in [0.2, 0.25) is 6.04 Å². The fourth-order valence-electron chi connectivity index (χ4n) is 1.71. The van der Waals surface area contributed by atoms with E-state index in [-0.39, 0.29) is 0 Å². The number of unbranched alkanes of at least 4 members (excludes halogenated alkanes) is 1. The molecule has 0 heterocycles. The average molecular weight is 260 g/mol. The van der Waals surface area contributed by atoms with Crippen LogP contribution in [0.5, 0.6) is 0 Å². The fourth-order valence-corrected chi connectivity index (χ4v) is 4.35. The van der Waals surface area contributed by atoms with Gasteiger partial charge in [0, 0.05) is 25.9 Å². The maximum Gasteiger partial charge on any atom is 0.500 e. The van der Waals surface area contributed by atoms with Crippen molar-refractivity contribution in [1.29, 1.82) is 0 Å². The number of hydrogen-bond donors (Lipinski definition) is 0. The lowest BCUT2D eigenvalue weighted by Crippen LogP contribution is -2.45. The van der Waals surface area contributed by atoms with Gasteiger partial charge < -0.3 is 13.3 Å². The summed E-state index contributed by atoms with van der Waals surface area (Å²) >= 11 is 0. The van der Waals surface area contributed by atoms with Crippen molar-refractivity contribution in [2.24, 2.45) is 0 Å². The molecule has 0 aliphatic heterocycles. The Kier molecular flexibility index (Phi) is 9.73. The third-order valence-electron chi connectivity index (χ3n) is 2.33. The first kappa shape index (κ1) is 16.8. The van der Waals surface area contributed by atoms with Crippen molar-refractivity contribution in [3.8, 4) is 0 Å². The van der Waals surface area contributed by atoms with Gasteiger partial charge in [0.15, 0.2) is 0 Å². The molecule has 0 aromatic rings. The van der Waals surface area contributed by atoms with E-state index in [1.807, 2.05) is 20.8 Å². The molecule has 0 atom stereocenters. The molecule has 0 unspecified atom stereocenters. The first-order valence-corrected chi connectivity index (χ1v) is 8.58. The van der Waals surface area contributed by atoms with E-state index in [9.17, 15) is 0 Å². The Balaban J connectivity index is 4.28. The van der Waals surface area contributed by atoms with E-state index in [2.05, 4.69) is 19.9 Å². The van der Waals surface area contributed by atoms with E-state index in [1.54, 1.807) is 0 Å². The molecule has 0 aliphatic carbocycles. The van der Waals surface area contributed by atoms with Gasteiger partial charge in [-0.3, -0.25) is 0 Å². The van der Waals surface area contributed by atoms with Gasteiger partial charge in [-0.1, -0.05) is 11.6 Å². The lowest BCUT2D eigenvalue weighted by atomic mass is 10.2. The van der Waals surface area contributed by atoms with Crippen molar-refractivity contribution in [3.63, 3.8) is 0 Å². The normalized spacial score (nSPS) is 11.6. The van der Waals surface area contributed by atoms with Gasteiger partial charge in [0.2, 0.25) is 0 Å². The van der Waals surface area contributed by atoms with E-state index in [1.165, 1.54) is 5.57 Å². The van der Waals surface area contributed by atoms with Crippen LogP contribution >= 0.6 is 0 Å². The molecule has 3 nitrogen and oxygen atoms in total. The third kappa shape index (κ3) is 7.71. The Labute approximate surface area is 108 Å². The van der Waals surface area contributed by atoms with Gasteiger partial charge in [0.05, 0.1) is 0 Å². The van der Waals surface area contributed by atoms with Crippen molar-refractivity contribution >= 4 is 8.80 Å². The topological polar surface area (TPSA) is 27.7 Å². The van der Waals surface area contributed by atoms with Crippen LogP contribution in [0.25, 0.3) is 0 Å². The van der Waals surface area contributed by atoms with Crippen molar-refractivity contribution in [3.05, 3.63) is 11.6 Å². The van der Waals surface area contributed by atoms with Crippen molar-refractivity contribution < 1.29 is 13.3 Å². The fraction of sp³-hybridized carbons (Fsp3) is 0.846. The molecule has 0 bridgehead atoms. The van der Waals surface area contributed by atoms with Crippen molar-refractivity contribution in [2.45, 2.75) is 53.5 Å². The second-order valence-electron chi connectivity index (χ2n) is 4.16. The standard InChI is InChI=1S/C13H28O3Si/c1-6-14-17(15-7-2,16-8-3)12-10-9-11-13(4)5/h11H,6-10,12H2,1-5H3. The molecule has 0 fully saturated rings. The smallest absolute Gasteiger partial charge is 0.374 e. The van der Waals surface area contributed by atoms with Gasteiger partial charge >= 0.3 is 8.80 Å². The molecule has 0 aromatic carbocycles. The Morgan fingerprint density at radius 3 is 1.76 bits per heavy atom. The van der Waals surface area contributed by atoms with Crippen LogP contribution in [0.1, 0.15) is 47.5 Å². The van der Waals surface area contributed by atoms with Gasteiger partial charge in [0.1, 0.15) is 0 Å². The first-order chi connectivity index (χ1) is 8.10. The van der Waals surface area contributed by atoms with Gasteiger partial charge in [0.25, 0.3) is 0 Å². The molecule has 0 spiro atoms. The van der Waals surface area contributed by atoms with E-state index < -0.39 is 8.80 Å². The lowest BCUT2D eigenvalue weighted by Gasteiger charge is -2.28. The molecule has 0 aliphatic rings. The summed E-state index contributed by atoms with van der Waals surface area (Å²) < 4.78 is 17.4. The van der Waals surface area contributed by atoms with E-state index in [0.29, 0.717) is 19.8 Å². The minimum atomic E-state index is -2.40. The highest BCUT2D eigenvalue weighted by molar-refractivity contribution is 6.60. The van der Waals surface area contributed by atoms with Crippen molar-refractivity contribution in [2.75, 3.05) is 19.8 Å². The first-order valence-electron chi connectivity index (χ1n) is 6.65. The lowest BCUT2D eigenvalue weighted by molar-refractivity contribution is 0.0709. The van der Waals surface area contributed by atoms with Crippen molar-refractivity contribution in [1.82, 2.24) is 0 Å². The van der Waals surface area contributed by atoms with E-state index in [4.69, 9.17) is 13.3 Å². The Bertz CT molecular complexity index is 196. The highest BCUT2D eigenvalue weighted by Crippen LogP contribution is 2.19. The Morgan fingerprint density at radius 2 is 1.41 bits per heavy atom. The molecular formula is C13H28O3Si. The zero-order valence-corrected chi connectivity index (χ0v) is 13.0. The highest BCUT2D eigenvalue weighted by atomic mass is 28.4. The summed E-state index contributed by atoms with van der Waals surface area (Å²) in [6.07, 6.45) is 4.39. The molecule has 0 saturated carbocycles. The Morgan fingerprint density at radius 1 is 0.941 bits per heavy atom. The number of rotatable bonds is 10. The second-order valence-corrected chi connectivity index (χ2v) is 6.89. The van der Waals surface area contributed by atoms with Crippen LogP contribution in [0.3, 0.4) is 0 Å². The summed E-state index contributed by atoms with van der Waals surface area (Å²) in [7, 11) is -2.40. The van der Waals surface area contributed by atoms with E-state index >= 15 is 0 Å². The van der Waals surface area contributed by atoms with Gasteiger partial charge in [-0.2, -0.15) is 0 Å². The maximum atomic E-state index is 5.79. The van der Waals surface area contributed by atoms with Gasteiger partial charge in [-0.05, 0) is 47.5 Å². The molecular weight excluding hydrogens is 232 g/mol. The molecule has 102 valence electrons. The molecule has 0 radical (unpaired) electrons. The minimum Gasteiger partial charge on any atom is -0.374 e. The molecule has 0 saturated heterocycles. The molecule has 0 amide bonds. The molecule has 4 heteroatoms. The molecule has 0 N–H and O–H groups in total. The average Bonchev–Trinajstić information content (AvgIpc) is 2.25. The van der Waals surface area contributed by atoms with Gasteiger partial charge in [-0.25, -0.2) is 0 Å². The predicted octanol–water partition coefficient (Wildman–Crippen LogP) is 3.78. The molecule has 0 aromatic heterocycles. The van der Waals surface area contributed by atoms with Gasteiger partial charge in [-0.15, -0.1) is 0 Å². The van der Waals surface area contributed by atoms with E-state index in [0.717, 1.165) is 18.9 Å². The zero-order valence-electron chi connectivity index (χ0n) is 12.0. The number of allylic oxidation sites excluding steroid dienone is 2. The minimum absolute atomic E-state index is 0.662. The predicted molar refractivity (Wildman–Crippen MR) is 74.1 cm³/mol. The van der Waals surface area contributed by atoms with Crippen LogP contribution in [0.4, 0.5) is 0 Å². The Hall–Kier alpha value is -0.163.